The molecule has 0 amide bonds. The third-order valence-electron chi connectivity index (χ3n) is 6.00. The highest BCUT2D eigenvalue weighted by atomic mass is 28.4. The zero-order valence-electron chi connectivity index (χ0n) is 17.2. The summed E-state index contributed by atoms with van der Waals surface area (Å²) in [5.41, 5.74) is 1.91. The van der Waals surface area contributed by atoms with Gasteiger partial charge in [-0.05, 0) is 35.9 Å². The third kappa shape index (κ3) is 5.44. The highest BCUT2D eigenvalue weighted by molar-refractivity contribution is 6.77. The Bertz CT molecular complexity index is 354. The Morgan fingerprint density at radius 1 is 1.04 bits per heavy atom. The summed E-state index contributed by atoms with van der Waals surface area (Å²) in [7, 11) is -1.81. The van der Waals surface area contributed by atoms with Crippen LogP contribution in [-0.2, 0) is 4.43 Å². The maximum atomic E-state index is 10.1. The van der Waals surface area contributed by atoms with Crippen LogP contribution in [-0.4, -0.2) is 25.6 Å². The molecule has 3 atom stereocenters. The Labute approximate surface area is 152 Å². The Balaban J connectivity index is 2.81. The molecular weight excluding hydrogens is 312 g/mol. The van der Waals surface area contributed by atoms with Crippen LogP contribution in [0.2, 0.25) is 16.6 Å². The maximum absolute atomic E-state index is 10.1. The fourth-order valence-corrected chi connectivity index (χ4v) is 10.4. The molecule has 0 saturated heterocycles. The molecule has 1 aliphatic rings. The molecular formula is C21H42O2Si. The van der Waals surface area contributed by atoms with Crippen LogP contribution in [0.1, 0.15) is 87.0 Å². The van der Waals surface area contributed by atoms with Gasteiger partial charge in [-0.3, -0.25) is 0 Å². The summed E-state index contributed by atoms with van der Waals surface area (Å²) in [5, 5.41) is 10.1. The van der Waals surface area contributed by atoms with E-state index in [4.69, 9.17) is 4.43 Å². The summed E-state index contributed by atoms with van der Waals surface area (Å²) >= 11 is 0. The van der Waals surface area contributed by atoms with Crippen LogP contribution in [0.4, 0.5) is 0 Å². The molecule has 1 fully saturated rings. The minimum Gasteiger partial charge on any atom is -0.413 e. The molecule has 142 valence electrons. The van der Waals surface area contributed by atoms with Gasteiger partial charge in [0.1, 0.15) is 0 Å². The smallest absolute Gasteiger partial charge is 0.200 e. The molecule has 0 aromatic carbocycles. The Kier molecular flexibility index (Phi) is 9.25. The van der Waals surface area contributed by atoms with Crippen molar-refractivity contribution >= 4 is 8.32 Å². The van der Waals surface area contributed by atoms with Gasteiger partial charge in [0.15, 0.2) is 0 Å². The summed E-state index contributed by atoms with van der Waals surface area (Å²) in [6.07, 6.45) is 11.1. The highest BCUT2D eigenvalue weighted by Crippen LogP contribution is 2.45. The SMILES string of the molecule is CCCC[C@H](O)/C=C/[C@H]1CCC[C@@H]1O[Si](C(C)C)(C(C)C)C(C)C. The minimum atomic E-state index is -1.81. The predicted molar refractivity (Wildman–Crippen MR) is 108 cm³/mol. The van der Waals surface area contributed by atoms with Crippen molar-refractivity contribution in [3.8, 4) is 0 Å². The van der Waals surface area contributed by atoms with Crippen molar-refractivity contribution in [2.75, 3.05) is 0 Å². The second kappa shape index (κ2) is 10.1. The monoisotopic (exact) mass is 354 g/mol. The normalized spacial score (nSPS) is 24.0. The molecule has 0 aromatic heterocycles. The fraction of sp³-hybridized carbons (Fsp3) is 0.905. The molecule has 0 radical (unpaired) electrons. The number of aliphatic hydroxyl groups excluding tert-OH is 1. The number of rotatable bonds is 10. The standard InChI is InChI=1S/C21H42O2Si/c1-8-9-12-20(22)15-14-19-11-10-13-21(19)23-24(16(2)3,17(4)5)18(6)7/h14-22H,8-13H2,1-7H3/b15-14+/t19-,20+,21+/m1/s1. The van der Waals surface area contributed by atoms with Gasteiger partial charge in [-0.1, -0.05) is 79.9 Å². The molecule has 0 unspecified atom stereocenters. The first-order chi connectivity index (χ1) is 11.3. The molecule has 2 nitrogen and oxygen atoms in total. The third-order valence-corrected chi connectivity index (χ3v) is 12.1. The Hall–Kier alpha value is -0.123. The number of hydrogen-bond acceptors (Lipinski definition) is 2. The van der Waals surface area contributed by atoms with Gasteiger partial charge >= 0.3 is 0 Å². The van der Waals surface area contributed by atoms with Gasteiger partial charge in [0.2, 0.25) is 8.32 Å². The van der Waals surface area contributed by atoms with Crippen LogP contribution in [0.5, 0.6) is 0 Å². The van der Waals surface area contributed by atoms with Gasteiger partial charge in [0, 0.05) is 5.92 Å². The predicted octanol–water partition coefficient (Wildman–Crippen LogP) is 6.45. The topological polar surface area (TPSA) is 29.5 Å². The second-order valence-corrected chi connectivity index (χ2v) is 14.1. The number of aliphatic hydroxyl groups is 1. The van der Waals surface area contributed by atoms with Crippen molar-refractivity contribution in [1.29, 1.82) is 0 Å². The van der Waals surface area contributed by atoms with E-state index in [2.05, 4.69) is 54.5 Å². The lowest BCUT2D eigenvalue weighted by atomic mass is 10.0. The van der Waals surface area contributed by atoms with Crippen molar-refractivity contribution in [2.45, 2.75) is 116 Å². The van der Waals surface area contributed by atoms with Crippen LogP contribution >= 0.6 is 0 Å². The maximum Gasteiger partial charge on any atom is 0.200 e. The van der Waals surface area contributed by atoms with Crippen LogP contribution in [0.25, 0.3) is 0 Å². The van der Waals surface area contributed by atoms with E-state index in [1.807, 2.05) is 6.08 Å². The zero-order valence-corrected chi connectivity index (χ0v) is 18.2. The number of hydrogen-bond donors (Lipinski definition) is 1. The van der Waals surface area contributed by atoms with Crippen molar-refractivity contribution < 1.29 is 9.53 Å². The summed E-state index contributed by atoms with van der Waals surface area (Å²) in [5.74, 6) is 0.490. The highest BCUT2D eigenvalue weighted by Gasteiger charge is 2.47. The van der Waals surface area contributed by atoms with E-state index >= 15 is 0 Å². The molecule has 0 aliphatic heterocycles. The summed E-state index contributed by atoms with van der Waals surface area (Å²) in [6.45, 7) is 16.3. The quantitative estimate of drug-likeness (QED) is 0.360. The molecule has 1 N–H and O–H groups in total. The van der Waals surface area contributed by atoms with Crippen LogP contribution < -0.4 is 0 Å². The molecule has 0 spiro atoms. The summed E-state index contributed by atoms with van der Waals surface area (Å²) in [4.78, 5) is 0. The Morgan fingerprint density at radius 2 is 1.62 bits per heavy atom. The van der Waals surface area contributed by atoms with E-state index in [9.17, 15) is 5.11 Å². The van der Waals surface area contributed by atoms with Gasteiger partial charge in [-0.15, -0.1) is 0 Å². The summed E-state index contributed by atoms with van der Waals surface area (Å²) in [6, 6.07) is 0. The van der Waals surface area contributed by atoms with E-state index in [-0.39, 0.29) is 6.10 Å². The van der Waals surface area contributed by atoms with Crippen LogP contribution in [0.15, 0.2) is 12.2 Å². The molecule has 1 saturated carbocycles. The molecule has 3 heteroatoms. The molecule has 24 heavy (non-hydrogen) atoms. The lowest BCUT2D eigenvalue weighted by Crippen LogP contribution is -2.50. The second-order valence-electron chi connectivity index (χ2n) is 8.66. The lowest BCUT2D eigenvalue weighted by Gasteiger charge is -2.45. The van der Waals surface area contributed by atoms with E-state index in [1.54, 1.807) is 0 Å². The van der Waals surface area contributed by atoms with Crippen molar-refractivity contribution in [2.24, 2.45) is 5.92 Å². The fourth-order valence-electron chi connectivity index (χ4n) is 4.77. The van der Waals surface area contributed by atoms with E-state index < -0.39 is 8.32 Å². The molecule has 0 aromatic rings. The molecule has 0 heterocycles. The average molecular weight is 355 g/mol. The average Bonchev–Trinajstić information content (AvgIpc) is 2.94. The minimum absolute atomic E-state index is 0.284. The van der Waals surface area contributed by atoms with Gasteiger partial charge in [-0.2, -0.15) is 0 Å². The molecule has 1 aliphatic carbocycles. The lowest BCUT2D eigenvalue weighted by molar-refractivity contribution is 0.152. The zero-order chi connectivity index (χ0) is 18.3. The molecule has 1 rings (SSSR count). The van der Waals surface area contributed by atoms with Crippen molar-refractivity contribution in [3.63, 3.8) is 0 Å². The summed E-state index contributed by atoms with van der Waals surface area (Å²) < 4.78 is 7.02. The first-order valence-corrected chi connectivity index (χ1v) is 12.4. The van der Waals surface area contributed by atoms with Gasteiger partial charge < -0.3 is 9.53 Å². The van der Waals surface area contributed by atoms with Crippen LogP contribution in [0, 0.1) is 5.92 Å². The van der Waals surface area contributed by atoms with Crippen molar-refractivity contribution in [3.05, 3.63) is 12.2 Å². The van der Waals surface area contributed by atoms with E-state index in [1.165, 1.54) is 19.3 Å². The molecule has 0 bridgehead atoms. The Morgan fingerprint density at radius 3 is 2.12 bits per heavy atom. The number of unbranched alkanes of at least 4 members (excludes halogenated alkanes) is 1. The van der Waals surface area contributed by atoms with Gasteiger partial charge in [-0.25, -0.2) is 0 Å². The van der Waals surface area contributed by atoms with Crippen molar-refractivity contribution in [1.82, 2.24) is 0 Å². The van der Waals surface area contributed by atoms with Gasteiger partial charge in [0.05, 0.1) is 12.2 Å². The largest absolute Gasteiger partial charge is 0.413 e. The van der Waals surface area contributed by atoms with E-state index in [0.29, 0.717) is 28.6 Å². The van der Waals surface area contributed by atoms with Gasteiger partial charge in [0.25, 0.3) is 0 Å². The first kappa shape index (κ1) is 21.9. The first-order valence-electron chi connectivity index (χ1n) is 10.3. The van der Waals surface area contributed by atoms with E-state index in [0.717, 1.165) is 19.3 Å². The van der Waals surface area contributed by atoms with Crippen LogP contribution in [0.3, 0.4) is 0 Å².